The molecule has 0 spiro atoms. The van der Waals surface area contributed by atoms with E-state index in [2.05, 4.69) is 15.6 Å². The van der Waals surface area contributed by atoms with Crippen molar-refractivity contribution in [1.82, 2.24) is 10.9 Å². The first-order chi connectivity index (χ1) is 23.7. The Hall–Kier alpha value is -5.33. The number of aliphatic hydroxyl groups is 1. The monoisotopic (exact) mass is 675 g/mol. The number of hydrogen-bond acceptors (Lipinski definition) is 8. The van der Waals surface area contributed by atoms with Gasteiger partial charge < -0.3 is 24.1 Å². The highest BCUT2D eigenvalue weighted by Crippen LogP contribution is 2.43. The van der Waals surface area contributed by atoms with Crippen molar-refractivity contribution in [2.24, 2.45) is 4.99 Å². The molecule has 5 rings (SSSR count). The number of ether oxygens (including phenoxy) is 4. The van der Waals surface area contributed by atoms with Gasteiger partial charge in [0.25, 0.3) is 5.91 Å². The smallest absolute Gasteiger partial charge is 0.497 e. The van der Waals surface area contributed by atoms with Crippen LogP contribution in [0.15, 0.2) is 114 Å². The van der Waals surface area contributed by atoms with Crippen molar-refractivity contribution in [2.45, 2.75) is 37.4 Å². The number of benzene rings is 4. The summed E-state index contributed by atoms with van der Waals surface area (Å²) in [5, 5.41) is 9.06. The minimum absolute atomic E-state index is 0.0231. The summed E-state index contributed by atoms with van der Waals surface area (Å²) < 4.78 is 59.4. The molecule has 0 aliphatic carbocycles. The molecule has 256 valence electrons. The van der Waals surface area contributed by atoms with Gasteiger partial charge in [0.1, 0.15) is 17.2 Å². The number of amides is 1. The lowest BCUT2D eigenvalue weighted by atomic mass is 9.84. The van der Waals surface area contributed by atoms with Gasteiger partial charge in [-0.3, -0.25) is 10.2 Å². The molecule has 0 saturated heterocycles. The summed E-state index contributed by atoms with van der Waals surface area (Å²) in [5.41, 5.74) is 6.97. The minimum Gasteiger partial charge on any atom is -0.497 e. The SMILES string of the molecule is COc1cccc([C@@H]2OC(c3ccc(OCCCO)cc3)=N[C@]2(C/C=C/c2ccccc2)C(=O)NNCc2ccc(OC(F)(F)F)cc2)c1. The van der Waals surface area contributed by atoms with Gasteiger partial charge >= 0.3 is 6.36 Å². The summed E-state index contributed by atoms with van der Waals surface area (Å²) in [6, 6.07) is 29.3. The zero-order valence-corrected chi connectivity index (χ0v) is 26.7. The molecule has 1 aliphatic heterocycles. The van der Waals surface area contributed by atoms with E-state index >= 15 is 0 Å². The Balaban J connectivity index is 1.45. The maximum atomic E-state index is 14.3. The molecule has 0 radical (unpaired) electrons. The molecule has 0 unspecified atom stereocenters. The molecule has 1 heterocycles. The van der Waals surface area contributed by atoms with Crippen molar-refractivity contribution >= 4 is 17.9 Å². The fourth-order valence-electron chi connectivity index (χ4n) is 5.20. The summed E-state index contributed by atoms with van der Waals surface area (Å²) in [7, 11) is 1.55. The van der Waals surface area contributed by atoms with Crippen LogP contribution in [0.3, 0.4) is 0 Å². The number of alkyl halides is 3. The third-order valence-corrected chi connectivity index (χ3v) is 7.62. The summed E-state index contributed by atoms with van der Waals surface area (Å²) in [6.45, 7) is 0.489. The topological polar surface area (TPSA) is 111 Å². The molecule has 4 aromatic carbocycles. The molecule has 0 saturated carbocycles. The van der Waals surface area contributed by atoms with Gasteiger partial charge in [-0.1, -0.05) is 66.7 Å². The lowest BCUT2D eigenvalue weighted by molar-refractivity contribution is -0.274. The summed E-state index contributed by atoms with van der Waals surface area (Å²) in [6.07, 6.45) is -1.25. The van der Waals surface area contributed by atoms with E-state index in [9.17, 15) is 18.0 Å². The number of carbonyl (C=O) groups excluding carboxylic acids is 1. The summed E-state index contributed by atoms with van der Waals surface area (Å²) in [5.74, 6) is 0.592. The lowest BCUT2D eigenvalue weighted by Gasteiger charge is -2.30. The van der Waals surface area contributed by atoms with Crippen LogP contribution in [0.2, 0.25) is 0 Å². The maximum absolute atomic E-state index is 14.3. The van der Waals surface area contributed by atoms with Gasteiger partial charge in [-0.05, 0) is 65.2 Å². The number of hydrazine groups is 1. The van der Waals surface area contributed by atoms with Crippen LogP contribution in [0.25, 0.3) is 6.08 Å². The Morgan fingerprint density at radius 3 is 2.39 bits per heavy atom. The number of aliphatic imine (C=N–C) groups is 1. The van der Waals surface area contributed by atoms with E-state index < -0.39 is 23.9 Å². The summed E-state index contributed by atoms with van der Waals surface area (Å²) in [4.78, 5) is 19.3. The highest BCUT2D eigenvalue weighted by molar-refractivity contribution is 6.01. The number of rotatable bonds is 15. The average Bonchev–Trinajstić information content (AvgIpc) is 3.50. The minimum atomic E-state index is -4.80. The zero-order chi connectivity index (χ0) is 34.7. The van der Waals surface area contributed by atoms with Crippen LogP contribution >= 0.6 is 0 Å². The predicted molar refractivity (Wildman–Crippen MR) is 178 cm³/mol. The largest absolute Gasteiger partial charge is 0.573 e. The molecule has 0 aromatic heterocycles. The normalized spacial score (nSPS) is 17.3. The first-order valence-corrected chi connectivity index (χ1v) is 15.5. The number of aliphatic hydroxyl groups excluding tert-OH is 1. The van der Waals surface area contributed by atoms with E-state index in [4.69, 9.17) is 24.3 Å². The van der Waals surface area contributed by atoms with Gasteiger partial charge in [0, 0.05) is 31.6 Å². The van der Waals surface area contributed by atoms with Crippen LogP contribution in [-0.4, -0.2) is 49.1 Å². The van der Waals surface area contributed by atoms with Crippen molar-refractivity contribution in [3.05, 3.63) is 131 Å². The zero-order valence-electron chi connectivity index (χ0n) is 26.7. The molecular weight excluding hydrogens is 639 g/mol. The van der Waals surface area contributed by atoms with Gasteiger partial charge in [-0.25, -0.2) is 10.4 Å². The second-order valence-electron chi connectivity index (χ2n) is 11.1. The van der Waals surface area contributed by atoms with Gasteiger partial charge in [-0.15, -0.1) is 13.2 Å². The molecule has 4 aromatic rings. The molecule has 3 N–H and O–H groups in total. The first kappa shape index (κ1) is 35.0. The van der Waals surface area contributed by atoms with Crippen LogP contribution in [0, 0.1) is 0 Å². The van der Waals surface area contributed by atoms with Crippen LogP contribution in [0.5, 0.6) is 17.2 Å². The number of hydrogen-bond donors (Lipinski definition) is 3. The second kappa shape index (κ2) is 16.2. The quantitative estimate of drug-likeness (QED) is 0.0971. The molecule has 9 nitrogen and oxygen atoms in total. The molecule has 0 bridgehead atoms. The first-order valence-electron chi connectivity index (χ1n) is 15.5. The number of nitrogens with zero attached hydrogens (tertiary/aromatic N) is 1. The van der Waals surface area contributed by atoms with Gasteiger partial charge in [0.15, 0.2) is 11.6 Å². The molecule has 1 aliphatic rings. The van der Waals surface area contributed by atoms with E-state index in [1.165, 1.54) is 24.3 Å². The van der Waals surface area contributed by atoms with E-state index in [-0.39, 0.29) is 31.2 Å². The van der Waals surface area contributed by atoms with Gasteiger partial charge in [0.2, 0.25) is 5.90 Å². The Labute approximate surface area is 282 Å². The van der Waals surface area contributed by atoms with Crippen LogP contribution in [0.1, 0.15) is 41.2 Å². The molecule has 0 fully saturated rings. The van der Waals surface area contributed by atoms with E-state index in [1.807, 2.05) is 48.6 Å². The Bertz CT molecular complexity index is 1730. The molecule has 49 heavy (non-hydrogen) atoms. The molecular formula is C37H36F3N3O6. The van der Waals surface area contributed by atoms with Crippen molar-refractivity contribution in [3.8, 4) is 17.2 Å². The number of carbonyl (C=O) groups is 1. The van der Waals surface area contributed by atoms with Crippen LogP contribution in [0.4, 0.5) is 13.2 Å². The van der Waals surface area contributed by atoms with E-state index in [1.54, 1.807) is 49.6 Å². The Kier molecular flexibility index (Phi) is 11.6. The molecule has 12 heteroatoms. The third kappa shape index (κ3) is 9.40. The molecule has 2 atom stereocenters. The third-order valence-electron chi connectivity index (χ3n) is 7.62. The highest BCUT2D eigenvalue weighted by Gasteiger charge is 2.52. The van der Waals surface area contributed by atoms with Crippen molar-refractivity contribution in [2.75, 3.05) is 20.3 Å². The number of nitrogens with one attached hydrogen (secondary N) is 2. The van der Waals surface area contributed by atoms with Crippen LogP contribution < -0.4 is 25.1 Å². The Morgan fingerprint density at radius 1 is 0.959 bits per heavy atom. The lowest BCUT2D eigenvalue weighted by Crippen LogP contribution is -2.52. The predicted octanol–water partition coefficient (Wildman–Crippen LogP) is 6.54. The number of methoxy groups -OCH3 is 1. The Morgan fingerprint density at radius 2 is 1.69 bits per heavy atom. The standard InChI is InChI=1S/C37H36F3N3O6/c1-46-32-12-5-11-29(24-32)33-36(21-6-10-26-8-3-2-4-9-26,42-34(48-33)28-15-19-30(20-16-28)47-23-7-22-44)35(45)43-41-25-27-13-17-31(18-14-27)49-37(38,39)40/h2-6,8-20,24,33,41,44H,7,21-23,25H2,1H3,(H,43,45)/b10-6+/t33-,36-/m0/s1. The molecule has 1 amide bonds. The van der Waals surface area contributed by atoms with Crippen molar-refractivity contribution in [3.63, 3.8) is 0 Å². The van der Waals surface area contributed by atoms with Crippen LogP contribution in [-0.2, 0) is 16.1 Å². The second-order valence-corrected chi connectivity index (χ2v) is 11.1. The highest BCUT2D eigenvalue weighted by atomic mass is 19.4. The fraction of sp³-hybridized carbons (Fsp3) is 0.243. The van der Waals surface area contributed by atoms with E-state index in [0.29, 0.717) is 41.2 Å². The van der Waals surface area contributed by atoms with Crippen molar-refractivity contribution in [1.29, 1.82) is 0 Å². The van der Waals surface area contributed by atoms with Gasteiger partial charge in [0.05, 0.1) is 13.7 Å². The van der Waals surface area contributed by atoms with Gasteiger partial charge in [-0.2, -0.15) is 0 Å². The average molecular weight is 676 g/mol. The number of halogens is 3. The van der Waals surface area contributed by atoms with E-state index in [0.717, 1.165) is 5.56 Å². The fourth-order valence-corrected chi connectivity index (χ4v) is 5.20. The maximum Gasteiger partial charge on any atom is 0.573 e. The summed E-state index contributed by atoms with van der Waals surface area (Å²) >= 11 is 0. The van der Waals surface area contributed by atoms with Crippen molar-refractivity contribution < 1.29 is 42.0 Å².